The van der Waals surface area contributed by atoms with Crippen molar-refractivity contribution in [2.24, 2.45) is 0 Å². The smallest absolute Gasteiger partial charge is 0.122 e. The SMILES string of the molecule is Oc1ccc([C@@H]2COc3ccccc3C2)cc1. The molecule has 0 spiro atoms. The van der Waals surface area contributed by atoms with E-state index >= 15 is 0 Å². The first-order valence-electron chi connectivity index (χ1n) is 5.82. The minimum absolute atomic E-state index is 0.311. The summed E-state index contributed by atoms with van der Waals surface area (Å²) in [5.41, 5.74) is 2.48. The monoisotopic (exact) mass is 226 g/mol. The fourth-order valence-corrected chi connectivity index (χ4v) is 2.29. The van der Waals surface area contributed by atoms with Gasteiger partial charge in [-0.2, -0.15) is 0 Å². The van der Waals surface area contributed by atoms with Gasteiger partial charge < -0.3 is 9.84 Å². The van der Waals surface area contributed by atoms with Crippen molar-refractivity contribution >= 4 is 0 Å². The van der Waals surface area contributed by atoms with Crippen LogP contribution in [0.4, 0.5) is 0 Å². The van der Waals surface area contributed by atoms with E-state index in [0.717, 1.165) is 12.2 Å². The number of hydrogen-bond acceptors (Lipinski definition) is 2. The van der Waals surface area contributed by atoms with Crippen LogP contribution in [-0.4, -0.2) is 11.7 Å². The molecular weight excluding hydrogens is 212 g/mol. The summed E-state index contributed by atoms with van der Waals surface area (Å²) < 4.78 is 5.76. The zero-order chi connectivity index (χ0) is 11.7. The van der Waals surface area contributed by atoms with E-state index in [-0.39, 0.29) is 0 Å². The van der Waals surface area contributed by atoms with E-state index in [1.807, 2.05) is 30.3 Å². The van der Waals surface area contributed by atoms with Gasteiger partial charge in [-0.3, -0.25) is 0 Å². The largest absolute Gasteiger partial charge is 0.508 e. The molecule has 0 aliphatic carbocycles. The van der Waals surface area contributed by atoms with Crippen molar-refractivity contribution in [1.29, 1.82) is 0 Å². The number of hydrogen-bond donors (Lipinski definition) is 1. The average Bonchev–Trinajstić information content (AvgIpc) is 2.39. The molecule has 0 saturated heterocycles. The first-order chi connectivity index (χ1) is 8.33. The van der Waals surface area contributed by atoms with Crippen LogP contribution in [0.15, 0.2) is 48.5 Å². The normalized spacial score (nSPS) is 18.2. The number of ether oxygens (including phenoxy) is 1. The Labute approximate surface area is 100 Å². The molecule has 0 saturated carbocycles. The lowest BCUT2D eigenvalue weighted by atomic mass is 9.90. The van der Waals surface area contributed by atoms with Crippen molar-refractivity contribution in [3.8, 4) is 11.5 Å². The summed E-state index contributed by atoms with van der Waals surface area (Å²) in [4.78, 5) is 0. The fraction of sp³-hybridized carbons (Fsp3) is 0.200. The van der Waals surface area contributed by atoms with E-state index in [9.17, 15) is 5.11 Å². The first-order valence-corrected chi connectivity index (χ1v) is 5.82. The summed E-state index contributed by atoms with van der Waals surface area (Å²) in [6, 6.07) is 15.6. The van der Waals surface area contributed by atoms with Crippen LogP contribution >= 0.6 is 0 Å². The van der Waals surface area contributed by atoms with Crippen molar-refractivity contribution in [3.63, 3.8) is 0 Å². The van der Waals surface area contributed by atoms with E-state index in [2.05, 4.69) is 6.07 Å². The van der Waals surface area contributed by atoms with Gasteiger partial charge in [0.05, 0.1) is 6.61 Å². The van der Waals surface area contributed by atoms with Crippen LogP contribution in [0.2, 0.25) is 0 Å². The Balaban J connectivity index is 1.86. The maximum Gasteiger partial charge on any atom is 0.122 e. The molecule has 1 atom stereocenters. The third-order valence-electron chi connectivity index (χ3n) is 3.24. The topological polar surface area (TPSA) is 29.5 Å². The Morgan fingerprint density at radius 2 is 1.76 bits per heavy atom. The van der Waals surface area contributed by atoms with Gasteiger partial charge in [-0.15, -0.1) is 0 Å². The molecule has 0 aromatic heterocycles. The number of benzene rings is 2. The van der Waals surface area contributed by atoms with Gasteiger partial charge in [0.25, 0.3) is 0 Å². The molecule has 2 aromatic carbocycles. The van der Waals surface area contributed by atoms with Crippen molar-refractivity contribution in [2.75, 3.05) is 6.61 Å². The summed E-state index contributed by atoms with van der Waals surface area (Å²) >= 11 is 0. The molecule has 1 N–H and O–H groups in total. The van der Waals surface area contributed by atoms with Crippen molar-refractivity contribution in [2.45, 2.75) is 12.3 Å². The lowest BCUT2D eigenvalue weighted by molar-refractivity contribution is 0.262. The third kappa shape index (κ3) is 1.98. The summed E-state index contributed by atoms with van der Waals surface area (Å²) in [7, 11) is 0. The highest BCUT2D eigenvalue weighted by Crippen LogP contribution is 2.32. The van der Waals surface area contributed by atoms with Crippen molar-refractivity contribution in [1.82, 2.24) is 0 Å². The van der Waals surface area contributed by atoms with Gasteiger partial charge in [-0.05, 0) is 35.7 Å². The van der Waals surface area contributed by atoms with Gasteiger partial charge in [-0.1, -0.05) is 30.3 Å². The van der Waals surface area contributed by atoms with Gasteiger partial charge in [0.1, 0.15) is 11.5 Å². The lowest BCUT2D eigenvalue weighted by Gasteiger charge is -2.25. The van der Waals surface area contributed by atoms with Gasteiger partial charge in [0.2, 0.25) is 0 Å². The molecule has 2 aromatic rings. The Hall–Kier alpha value is -1.96. The molecule has 2 heteroatoms. The van der Waals surface area contributed by atoms with Gasteiger partial charge in [0.15, 0.2) is 0 Å². The Bertz CT molecular complexity index is 517. The Morgan fingerprint density at radius 3 is 2.59 bits per heavy atom. The fourth-order valence-electron chi connectivity index (χ4n) is 2.29. The maximum atomic E-state index is 9.28. The molecule has 86 valence electrons. The number of phenols is 1. The number of fused-ring (bicyclic) bond motifs is 1. The van der Waals surface area contributed by atoms with E-state index in [4.69, 9.17) is 4.74 Å². The molecule has 0 bridgehead atoms. The minimum atomic E-state index is 0.311. The lowest BCUT2D eigenvalue weighted by Crippen LogP contribution is -2.18. The zero-order valence-electron chi connectivity index (χ0n) is 9.47. The van der Waals surface area contributed by atoms with Crippen LogP contribution in [0, 0.1) is 0 Å². The molecular formula is C15H14O2. The van der Waals surface area contributed by atoms with E-state index in [1.165, 1.54) is 11.1 Å². The molecule has 3 rings (SSSR count). The molecule has 0 fully saturated rings. The van der Waals surface area contributed by atoms with Crippen LogP contribution < -0.4 is 4.74 Å². The molecule has 17 heavy (non-hydrogen) atoms. The first kappa shape index (κ1) is 10.2. The van der Waals surface area contributed by atoms with E-state index in [0.29, 0.717) is 18.3 Å². The Morgan fingerprint density at radius 1 is 1.00 bits per heavy atom. The second-order valence-corrected chi connectivity index (χ2v) is 4.41. The second kappa shape index (κ2) is 4.13. The standard InChI is InChI=1S/C15H14O2/c16-14-7-5-11(6-8-14)13-9-12-3-1-2-4-15(12)17-10-13/h1-8,13,16H,9-10H2/t13-/m0/s1. The van der Waals surface area contributed by atoms with Crippen molar-refractivity contribution < 1.29 is 9.84 Å². The summed E-state index contributed by atoms with van der Waals surface area (Å²) in [6.07, 6.45) is 1.00. The predicted molar refractivity (Wildman–Crippen MR) is 66.5 cm³/mol. The molecule has 0 radical (unpaired) electrons. The zero-order valence-corrected chi connectivity index (χ0v) is 9.47. The van der Waals surface area contributed by atoms with Crippen LogP contribution in [0.25, 0.3) is 0 Å². The van der Waals surface area contributed by atoms with Crippen LogP contribution in [0.5, 0.6) is 11.5 Å². The quantitative estimate of drug-likeness (QED) is 0.809. The highest BCUT2D eigenvalue weighted by Gasteiger charge is 2.20. The summed E-state index contributed by atoms with van der Waals surface area (Å²) in [5, 5.41) is 9.28. The second-order valence-electron chi connectivity index (χ2n) is 4.41. The highest BCUT2D eigenvalue weighted by atomic mass is 16.5. The number of phenolic OH excluding ortho intramolecular Hbond substituents is 1. The molecule has 0 amide bonds. The Kier molecular flexibility index (Phi) is 2.48. The molecule has 1 aliphatic heterocycles. The summed E-state index contributed by atoms with van der Waals surface area (Å²) in [6.45, 7) is 0.710. The van der Waals surface area contributed by atoms with Crippen LogP contribution in [0.3, 0.4) is 0 Å². The number of para-hydroxylation sites is 1. The highest BCUT2D eigenvalue weighted by molar-refractivity contribution is 5.38. The minimum Gasteiger partial charge on any atom is -0.508 e. The molecule has 1 heterocycles. The number of aromatic hydroxyl groups is 1. The maximum absolute atomic E-state index is 9.28. The van der Waals surface area contributed by atoms with E-state index in [1.54, 1.807) is 12.1 Å². The van der Waals surface area contributed by atoms with Gasteiger partial charge in [-0.25, -0.2) is 0 Å². The van der Waals surface area contributed by atoms with E-state index < -0.39 is 0 Å². The van der Waals surface area contributed by atoms with Crippen molar-refractivity contribution in [3.05, 3.63) is 59.7 Å². The molecule has 0 unspecified atom stereocenters. The number of rotatable bonds is 1. The van der Waals surface area contributed by atoms with Crippen LogP contribution in [0.1, 0.15) is 17.0 Å². The molecule has 2 nitrogen and oxygen atoms in total. The average molecular weight is 226 g/mol. The summed E-state index contributed by atoms with van der Waals surface area (Å²) in [5.74, 6) is 1.69. The third-order valence-corrected chi connectivity index (χ3v) is 3.24. The molecule has 1 aliphatic rings. The van der Waals surface area contributed by atoms with Gasteiger partial charge in [0, 0.05) is 5.92 Å². The predicted octanol–water partition coefficient (Wildman–Crippen LogP) is 3.11. The van der Waals surface area contributed by atoms with Crippen LogP contribution in [-0.2, 0) is 6.42 Å². The van der Waals surface area contributed by atoms with Gasteiger partial charge >= 0.3 is 0 Å².